The molecule has 1 aromatic carbocycles. The Morgan fingerprint density at radius 1 is 1.27 bits per heavy atom. The summed E-state index contributed by atoms with van der Waals surface area (Å²) in [5.41, 5.74) is 0.799. The van der Waals surface area contributed by atoms with E-state index in [2.05, 4.69) is 24.4 Å². The van der Waals surface area contributed by atoms with E-state index in [1.165, 1.54) is 21.9 Å². The molecule has 116 valence electrons. The van der Waals surface area contributed by atoms with Gasteiger partial charge in [-0.3, -0.25) is 14.9 Å². The SMILES string of the molecule is Cc1ccc(CC(C)NC(=O)Cc2ccc([N+](=O)[O-])cc2)s1. The van der Waals surface area contributed by atoms with Gasteiger partial charge in [0.05, 0.1) is 11.3 Å². The number of aryl methyl sites for hydroxylation is 1. The minimum Gasteiger partial charge on any atom is -0.353 e. The maximum Gasteiger partial charge on any atom is 0.269 e. The zero-order chi connectivity index (χ0) is 16.1. The van der Waals surface area contributed by atoms with E-state index in [0.717, 1.165) is 12.0 Å². The smallest absolute Gasteiger partial charge is 0.269 e. The molecule has 1 aromatic heterocycles. The largest absolute Gasteiger partial charge is 0.353 e. The molecule has 0 aliphatic heterocycles. The van der Waals surface area contributed by atoms with Crippen LogP contribution >= 0.6 is 11.3 Å². The Kier molecular flexibility index (Phi) is 5.27. The average Bonchev–Trinajstić information content (AvgIpc) is 2.84. The normalized spacial score (nSPS) is 11.9. The fourth-order valence-electron chi connectivity index (χ4n) is 2.19. The third-order valence-electron chi connectivity index (χ3n) is 3.22. The number of hydrogen-bond acceptors (Lipinski definition) is 4. The highest BCUT2D eigenvalue weighted by atomic mass is 32.1. The summed E-state index contributed by atoms with van der Waals surface area (Å²) < 4.78 is 0. The number of carbonyl (C=O) groups is 1. The molecule has 6 heteroatoms. The van der Waals surface area contributed by atoms with Gasteiger partial charge in [-0.15, -0.1) is 11.3 Å². The Balaban J connectivity index is 1.85. The van der Waals surface area contributed by atoms with Crippen LogP contribution in [-0.2, 0) is 17.6 Å². The van der Waals surface area contributed by atoms with E-state index in [9.17, 15) is 14.9 Å². The lowest BCUT2D eigenvalue weighted by molar-refractivity contribution is -0.384. The molecule has 0 saturated carbocycles. The van der Waals surface area contributed by atoms with Gasteiger partial charge in [-0.1, -0.05) is 12.1 Å². The van der Waals surface area contributed by atoms with Crippen LogP contribution in [0.1, 0.15) is 22.2 Å². The third-order valence-corrected chi connectivity index (χ3v) is 4.25. The van der Waals surface area contributed by atoms with Crippen LogP contribution in [0.3, 0.4) is 0 Å². The molecule has 2 aromatic rings. The number of nitro benzene ring substituents is 1. The van der Waals surface area contributed by atoms with Gasteiger partial charge < -0.3 is 5.32 Å². The van der Waals surface area contributed by atoms with Gasteiger partial charge in [0.2, 0.25) is 5.91 Å². The molecule has 0 spiro atoms. The molecule has 0 fully saturated rings. The lowest BCUT2D eigenvalue weighted by atomic mass is 10.1. The highest BCUT2D eigenvalue weighted by molar-refractivity contribution is 7.11. The number of rotatable bonds is 6. The number of benzene rings is 1. The van der Waals surface area contributed by atoms with Crippen LogP contribution in [0, 0.1) is 17.0 Å². The van der Waals surface area contributed by atoms with Crippen molar-refractivity contribution in [1.29, 1.82) is 0 Å². The van der Waals surface area contributed by atoms with Crippen molar-refractivity contribution in [3.63, 3.8) is 0 Å². The molecule has 0 aliphatic carbocycles. The highest BCUT2D eigenvalue weighted by Crippen LogP contribution is 2.17. The second-order valence-corrected chi connectivity index (χ2v) is 6.66. The van der Waals surface area contributed by atoms with Gasteiger partial charge in [-0.25, -0.2) is 0 Å². The first-order chi connectivity index (χ1) is 10.4. The second kappa shape index (κ2) is 7.17. The van der Waals surface area contributed by atoms with Crippen molar-refractivity contribution < 1.29 is 9.72 Å². The number of nitrogens with one attached hydrogen (secondary N) is 1. The Hall–Kier alpha value is -2.21. The Morgan fingerprint density at radius 2 is 1.95 bits per heavy atom. The van der Waals surface area contributed by atoms with Gasteiger partial charge in [0.1, 0.15) is 0 Å². The summed E-state index contributed by atoms with van der Waals surface area (Å²) in [7, 11) is 0. The molecule has 0 bridgehead atoms. The summed E-state index contributed by atoms with van der Waals surface area (Å²) in [4.78, 5) is 24.6. The average molecular weight is 318 g/mol. The van der Waals surface area contributed by atoms with Gasteiger partial charge in [0.25, 0.3) is 5.69 Å². The number of hydrogen-bond donors (Lipinski definition) is 1. The molecule has 5 nitrogen and oxygen atoms in total. The Bertz CT molecular complexity index is 664. The first kappa shape index (κ1) is 16.2. The first-order valence-electron chi connectivity index (χ1n) is 7.02. The number of nitro groups is 1. The van der Waals surface area contributed by atoms with E-state index in [0.29, 0.717) is 0 Å². The van der Waals surface area contributed by atoms with E-state index in [1.54, 1.807) is 23.5 Å². The van der Waals surface area contributed by atoms with E-state index < -0.39 is 4.92 Å². The predicted molar refractivity (Wildman–Crippen MR) is 87.2 cm³/mol. The second-order valence-electron chi connectivity index (χ2n) is 5.29. The van der Waals surface area contributed by atoms with Crippen molar-refractivity contribution in [1.82, 2.24) is 5.32 Å². The molecule has 22 heavy (non-hydrogen) atoms. The van der Waals surface area contributed by atoms with Gasteiger partial charge in [-0.2, -0.15) is 0 Å². The fraction of sp³-hybridized carbons (Fsp3) is 0.312. The number of thiophene rings is 1. The number of carbonyl (C=O) groups excluding carboxylic acids is 1. The predicted octanol–water partition coefficient (Wildman–Crippen LogP) is 3.25. The van der Waals surface area contributed by atoms with E-state index in [1.807, 2.05) is 6.92 Å². The van der Waals surface area contributed by atoms with E-state index in [-0.39, 0.29) is 24.1 Å². The first-order valence-corrected chi connectivity index (χ1v) is 7.83. The molecule has 1 N–H and O–H groups in total. The summed E-state index contributed by atoms with van der Waals surface area (Å²) in [6, 6.07) is 10.3. The highest BCUT2D eigenvalue weighted by Gasteiger charge is 2.11. The standard InChI is InChI=1S/C16H18N2O3S/c1-11(9-15-8-3-12(2)22-15)17-16(19)10-13-4-6-14(7-5-13)18(20)21/h3-8,11H,9-10H2,1-2H3,(H,17,19). The minimum absolute atomic E-state index is 0.0330. The number of nitrogens with zero attached hydrogens (tertiary/aromatic N) is 1. The third kappa shape index (κ3) is 4.66. The maximum absolute atomic E-state index is 12.0. The lowest BCUT2D eigenvalue weighted by Gasteiger charge is -2.13. The van der Waals surface area contributed by atoms with Crippen LogP contribution in [0.2, 0.25) is 0 Å². The molecular formula is C16H18N2O3S. The van der Waals surface area contributed by atoms with Crippen LogP contribution in [0.15, 0.2) is 36.4 Å². The van der Waals surface area contributed by atoms with Crippen LogP contribution in [0.4, 0.5) is 5.69 Å². The summed E-state index contributed by atoms with van der Waals surface area (Å²) in [6.45, 7) is 4.04. The quantitative estimate of drug-likeness (QED) is 0.656. The molecule has 0 radical (unpaired) electrons. The summed E-state index contributed by atoms with van der Waals surface area (Å²) in [5, 5.41) is 13.5. The Labute approximate surface area is 133 Å². The van der Waals surface area contributed by atoms with Crippen LogP contribution in [0.5, 0.6) is 0 Å². The van der Waals surface area contributed by atoms with Gasteiger partial charge in [-0.05, 0) is 31.5 Å². The summed E-state index contributed by atoms with van der Waals surface area (Å²) in [6.07, 6.45) is 1.04. The topological polar surface area (TPSA) is 72.2 Å². The van der Waals surface area contributed by atoms with Gasteiger partial charge in [0.15, 0.2) is 0 Å². The maximum atomic E-state index is 12.0. The van der Waals surface area contributed by atoms with Crippen molar-refractivity contribution in [2.45, 2.75) is 32.7 Å². The van der Waals surface area contributed by atoms with Crippen molar-refractivity contribution in [3.8, 4) is 0 Å². The molecule has 2 rings (SSSR count). The zero-order valence-electron chi connectivity index (χ0n) is 12.5. The lowest BCUT2D eigenvalue weighted by Crippen LogP contribution is -2.34. The van der Waals surface area contributed by atoms with Crippen LogP contribution < -0.4 is 5.32 Å². The van der Waals surface area contributed by atoms with Crippen molar-refractivity contribution in [3.05, 3.63) is 61.8 Å². The Morgan fingerprint density at radius 3 is 2.50 bits per heavy atom. The van der Waals surface area contributed by atoms with E-state index >= 15 is 0 Å². The molecule has 1 amide bonds. The fourth-order valence-corrected chi connectivity index (χ4v) is 3.21. The molecule has 1 unspecified atom stereocenters. The molecule has 1 heterocycles. The molecule has 0 saturated heterocycles. The van der Waals surface area contributed by atoms with Gasteiger partial charge in [0, 0.05) is 34.3 Å². The van der Waals surface area contributed by atoms with Crippen molar-refractivity contribution in [2.24, 2.45) is 0 Å². The molecule has 0 aliphatic rings. The zero-order valence-corrected chi connectivity index (χ0v) is 13.4. The monoisotopic (exact) mass is 318 g/mol. The summed E-state index contributed by atoms with van der Waals surface area (Å²) >= 11 is 1.74. The van der Waals surface area contributed by atoms with Gasteiger partial charge >= 0.3 is 0 Å². The minimum atomic E-state index is -0.449. The van der Waals surface area contributed by atoms with Crippen LogP contribution in [0.25, 0.3) is 0 Å². The summed E-state index contributed by atoms with van der Waals surface area (Å²) in [5.74, 6) is -0.0744. The number of amides is 1. The molecular weight excluding hydrogens is 300 g/mol. The van der Waals surface area contributed by atoms with Crippen molar-refractivity contribution >= 4 is 22.9 Å². The van der Waals surface area contributed by atoms with Crippen LogP contribution in [-0.4, -0.2) is 16.9 Å². The molecule has 1 atom stereocenters. The number of non-ortho nitro benzene ring substituents is 1. The van der Waals surface area contributed by atoms with E-state index in [4.69, 9.17) is 0 Å². The van der Waals surface area contributed by atoms with Crippen molar-refractivity contribution in [2.75, 3.05) is 0 Å².